The molecule has 1 heterocycles. The molecule has 96 valence electrons. The maximum absolute atomic E-state index is 10.6. The zero-order valence-electron chi connectivity index (χ0n) is 10.1. The van der Waals surface area contributed by atoms with Crippen molar-refractivity contribution in [1.82, 2.24) is 0 Å². The largest absolute Gasteiger partial charge is 0.446 e. The van der Waals surface area contributed by atoms with E-state index in [1.165, 1.54) is 5.57 Å². The van der Waals surface area contributed by atoms with Gasteiger partial charge in [-0.2, -0.15) is 0 Å². The average molecular weight is 241 g/mol. The smallest absolute Gasteiger partial charge is 0.404 e. The zero-order chi connectivity index (χ0) is 12.3. The Bertz CT molecular complexity index is 320. The van der Waals surface area contributed by atoms with Gasteiger partial charge in [0, 0.05) is 19.3 Å². The predicted molar refractivity (Wildman–Crippen MR) is 61.3 cm³/mol. The highest BCUT2D eigenvalue weighted by atomic mass is 16.7. The Hall–Kier alpha value is -1.07. The second-order valence-electron chi connectivity index (χ2n) is 4.63. The standard InChI is InChI=1S/C12H19NO4/c1-9(17-11(13)14)8-10-2-4-12(5-3-10)15-6-7-16-12/h2,9H,3-8H2,1H3,(H2,13,14)/t9-/m0/s1. The maximum Gasteiger partial charge on any atom is 0.404 e. The summed E-state index contributed by atoms with van der Waals surface area (Å²) in [6, 6.07) is 0. The number of hydrogen-bond donors (Lipinski definition) is 1. The molecule has 1 spiro atoms. The Kier molecular flexibility index (Phi) is 3.69. The van der Waals surface area contributed by atoms with E-state index < -0.39 is 6.09 Å². The van der Waals surface area contributed by atoms with Crippen LogP contribution in [0.15, 0.2) is 11.6 Å². The summed E-state index contributed by atoms with van der Waals surface area (Å²) in [4.78, 5) is 10.6. The van der Waals surface area contributed by atoms with E-state index in [-0.39, 0.29) is 11.9 Å². The summed E-state index contributed by atoms with van der Waals surface area (Å²) in [6.07, 6.45) is 4.57. The summed E-state index contributed by atoms with van der Waals surface area (Å²) in [7, 11) is 0. The molecule has 1 atom stereocenters. The van der Waals surface area contributed by atoms with E-state index >= 15 is 0 Å². The number of nitrogens with two attached hydrogens (primary N) is 1. The van der Waals surface area contributed by atoms with Crippen LogP contribution in [0.3, 0.4) is 0 Å². The normalized spacial score (nSPS) is 24.4. The second kappa shape index (κ2) is 5.06. The van der Waals surface area contributed by atoms with Gasteiger partial charge in [-0.3, -0.25) is 0 Å². The van der Waals surface area contributed by atoms with E-state index in [9.17, 15) is 4.79 Å². The van der Waals surface area contributed by atoms with Gasteiger partial charge in [0.2, 0.25) is 0 Å². The molecule has 1 amide bonds. The van der Waals surface area contributed by atoms with Crippen LogP contribution in [-0.2, 0) is 14.2 Å². The fraction of sp³-hybridized carbons (Fsp3) is 0.750. The minimum atomic E-state index is -0.715. The van der Waals surface area contributed by atoms with Crippen molar-refractivity contribution in [3.63, 3.8) is 0 Å². The first-order valence-electron chi connectivity index (χ1n) is 6.01. The van der Waals surface area contributed by atoms with E-state index in [1.54, 1.807) is 0 Å². The van der Waals surface area contributed by atoms with Gasteiger partial charge in [-0.05, 0) is 13.3 Å². The lowest BCUT2D eigenvalue weighted by Gasteiger charge is -2.31. The van der Waals surface area contributed by atoms with E-state index in [0.29, 0.717) is 13.2 Å². The summed E-state index contributed by atoms with van der Waals surface area (Å²) in [5.41, 5.74) is 6.25. The third kappa shape index (κ3) is 3.20. The van der Waals surface area contributed by atoms with Crippen molar-refractivity contribution in [3.05, 3.63) is 11.6 Å². The van der Waals surface area contributed by atoms with Crippen LogP contribution in [0.4, 0.5) is 4.79 Å². The molecule has 0 aromatic rings. The Balaban J connectivity index is 1.83. The van der Waals surface area contributed by atoms with Gasteiger partial charge >= 0.3 is 6.09 Å². The number of rotatable bonds is 3. The molecular formula is C12H19NO4. The number of hydrogen-bond acceptors (Lipinski definition) is 4. The molecule has 0 aromatic heterocycles. The molecule has 0 unspecified atom stereocenters. The van der Waals surface area contributed by atoms with Gasteiger partial charge in [0.1, 0.15) is 6.10 Å². The molecule has 2 aliphatic rings. The number of carbonyl (C=O) groups is 1. The van der Waals surface area contributed by atoms with Gasteiger partial charge in [-0.25, -0.2) is 4.79 Å². The topological polar surface area (TPSA) is 70.8 Å². The maximum atomic E-state index is 10.6. The number of ether oxygens (including phenoxy) is 3. The lowest BCUT2D eigenvalue weighted by molar-refractivity contribution is -0.161. The number of carbonyl (C=O) groups excluding carboxylic acids is 1. The Morgan fingerprint density at radius 1 is 1.59 bits per heavy atom. The lowest BCUT2D eigenvalue weighted by Crippen LogP contribution is -2.32. The molecule has 1 aliphatic carbocycles. The van der Waals surface area contributed by atoms with Crippen molar-refractivity contribution in [1.29, 1.82) is 0 Å². The quantitative estimate of drug-likeness (QED) is 0.764. The SMILES string of the molecule is C[C@@H](CC1=CCC2(CC1)OCCO2)OC(N)=O. The van der Waals surface area contributed by atoms with Crippen LogP contribution in [0, 0.1) is 0 Å². The minimum absolute atomic E-state index is 0.168. The first-order valence-corrected chi connectivity index (χ1v) is 6.01. The summed E-state index contributed by atoms with van der Waals surface area (Å²) in [5, 5.41) is 0. The molecule has 0 aromatic carbocycles. The third-order valence-corrected chi connectivity index (χ3v) is 3.21. The fourth-order valence-corrected chi connectivity index (χ4v) is 2.41. The van der Waals surface area contributed by atoms with Crippen LogP contribution in [-0.4, -0.2) is 31.2 Å². The van der Waals surface area contributed by atoms with Gasteiger partial charge in [0.05, 0.1) is 13.2 Å². The van der Waals surface area contributed by atoms with E-state index in [4.69, 9.17) is 19.9 Å². The van der Waals surface area contributed by atoms with Crippen molar-refractivity contribution in [2.75, 3.05) is 13.2 Å². The van der Waals surface area contributed by atoms with Crippen molar-refractivity contribution in [2.45, 2.75) is 44.5 Å². The molecule has 1 aliphatic heterocycles. The molecule has 5 nitrogen and oxygen atoms in total. The average Bonchev–Trinajstić information content (AvgIpc) is 2.69. The van der Waals surface area contributed by atoms with Gasteiger partial charge in [0.25, 0.3) is 0 Å². The van der Waals surface area contributed by atoms with Crippen molar-refractivity contribution in [2.24, 2.45) is 5.73 Å². The summed E-state index contributed by atoms with van der Waals surface area (Å²) in [5.74, 6) is -0.378. The Morgan fingerprint density at radius 2 is 2.29 bits per heavy atom. The van der Waals surface area contributed by atoms with Crippen LogP contribution in [0.2, 0.25) is 0 Å². The third-order valence-electron chi connectivity index (χ3n) is 3.21. The predicted octanol–water partition coefficient (Wildman–Crippen LogP) is 1.71. The first kappa shape index (κ1) is 12.4. The molecule has 2 rings (SSSR count). The van der Waals surface area contributed by atoms with Crippen LogP contribution >= 0.6 is 0 Å². The van der Waals surface area contributed by atoms with Crippen LogP contribution < -0.4 is 5.73 Å². The molecule has 1 saturated heterocycles. The fourth-order valence-electron chi connectivity index (χ4n) is 2.41. The molecule has 0 radical (unpaired) electrons. The lowest BCUT2D eigenvalue weighted by atomic mass is 9.91. The van der Waals surface area contributed by atoms with Gasteiger partial charge in [-0.15, -0.1) is 0 Å². The van der Waals surface area contributed by atoms with Crippen molar-refractivity contribution >= 4 is 6.09 Å². The molecule has 1 fully saturated rings. The number of amides is 1. The van der Waals surface area contributed by atoms with Crippen LogP contribution in [0.5, 0.6) is 0 Å². The van der Waals surface area contributed by atoms with Crippen LogP contribution in [0.1, 0.15) is 32.6 Å². The van der Waals surface area contributed by atoms with E-state index in [0.717, 1.165) is 25.7 Å². The second-order valence-corrected chi connectivity index (χ2v) is 4.63. The van der Waals surface area contributed by atoms with E-state index in [2.05, 4.69) is 6.08 Å². The Morgan fingerprint density at radius 3 is 2.82 bits per heavy atom. The molecular weight excluding hydrogens is 222 g/mol. The summed E-state index contributed by atoms with van der Waals surface area (Å²) >= 11 is 0. The van der Waals surface area contributed by atoms with Gasteiger partial charge in [-0.1, -0.05) is 11.6 Å². The van der Waals surface area contributed by atoms with Gasteiger partial charge < -0.3 is 19.9 Å². The van der Waals surface area contributed by atoms with Crippen molar-refractivity contribution < 1.29 is 19.0 Å². The number of primary amides is 1. The van der Waals surface area contributed by atoms with Crippen molar-refractivity contribution in [3.8, 4) is 0 Å². The highest BCUT2D eigenvalue weighted by molar-refractivity contribution is 5.64. The monoisotopic (exact) mass is 241 g/mol. The molecule has 0 bridgehead atoms. The highest BCUT2D eigenvalue weighted by Crippen LogP contribution is 2.36. The van der Waals surface area contributed by atoms with E-state index in [1.807, 2.05) is 6.92 Å². The summed E-state index contributed by atoms with van der Waals surface area (Å²) in [6.45, 7) is 3.22. The minimum Gasteiger partial charge on any atom is -0.446 e. The molecule has 2 N–H and O–H groups in total. The molecule has 0 saturated carbocycles. The molecule has 5 heteroatoms. The zero-order valence-corrected chi connectivity index (χ0v) is 10.1. The summed E-state index contributed by atoms with van der Waals surface area (Å²) < 4.78 is 16.2. The first-order chi connectivity index (χ1) is 8.10. The Labute approximate surface area is 101 Å². The van der Waals surface area contributed by atoms with Gasteiger partial charge in [0.15, 0.2) is 5.79 Å². The molecule has 17 heavy (non-hydrogen) atoms. The van der Waals surface area contributed by atoms with Crippen LogP contribution in [0.25, 0.3) is 0 Å². The highest BCUT2D eigenvalue weighted by Gasteiger charge is 2.37.